The molecule has 0 bridgehead atoms. The van der Waals surface area contributed by atoms with Gasteiger partial charge in [-0.05, 0) is 37.6 Å². The standard InChI is InChI=1S/C16H21NO2/c1-5-13-7-8-14(19-13)10-17-15-9-6-11(2)16(18-4)12(15)3/h6-9,17H,5,10H2,1-4H3. The van der Waals surface area contributed by atoms with Crippen molar-refractivity contribution in [3.05, 3.63) is 46.9 Å². The molecule has 0 aliphatic rings. The Kier molecular flexibility index (Phi) is 4.15. The second-order valence-corrected chi connectivity index (χ2v) is 4.66. The van der Waals surface area contributed by atoms with E-state index >= 15 is 0 Å². The number of ether oxygens (including phenoxy) is 1. The highest BCUT2D eigenvalue weighted by Crippen LogP contribution is 2.29. The highest BCUT2D eigenvalue weighted by atomic mass is 16.5. The van der Waals surface area contributed by atoms with Crippen LogP contribution in [0.5, 0.6) is 5.75 Å². The van der Waals surface area contributed by atoms with Crippen molar-refractivity contribution in [2.45, 2.75) is 33.7 Å². The van der Waals surface area contributed by atoms with Crippen LogP contribution in [-0.2, 0) is 13.0 Å². The molecule has 0 spiro atoms. The van der Waals surface area contributed by atoms with Gasteiger partial charge in [-0.3, -0.25) is 0 Å². The predicted octanol–water partition coefficient (Wildman–Crippen LogP) is 4.08. The molecule has 19 heavy (non-hydrogen) atoms. The maximum atomic E-state index is 5.68. The molecule has 0 unspecified atom stereocenters. The summed E-state index contributed by atoms with van der Waals surface area (Å²) in [4.78, 5) is 0. The van der Waals surface area contributed by atoms with E-state index in [9.17, 15) is 0 Å². The largest absolute Gasteiger partial charge is 0.496 e. The number of hydrogen-bond donors (Lipinski definition) is 1. The first kappa shape index (κ1) is 13.5. The first-order valence-corrected chi connectivity index (χ1v) is 6.61. The monoisotopic (exact) mass is 259 g/mol. The van der Waals surface area contributed by atoms with Gasteiger partial charge >= 0.3 is 0 Å². The summed E-state index contributed by atoms with van der Waals surface area (Å²) in [6.45, 7) is 6.89. The smallest absolute Gasteiger partial charge is 0.126 e. The molecule has 0 atom stereocenters. The number of methoxy groups -OCH3 is 1. The maximum Gasteiger partial charge on any atom is 0.126 e. The van der Waals surface area contributed by atoms with Crippen LogP contribution in [0, 0.1) is 13.8 Å². The Labute approximate surface area is 114 Å². The molecule has 0 amide bonds. The summed E-state index contributed by atoms with van der Waals surface area (Å²) < 4.78 is 11.1. The maximum absolute atomic E-state index is 5.68. The van der Waals surface area contributed by atoms with Gasteiger partial charge in [0.25, 0.3) is 0 Å². The number of hydrogen-bond acceptors (Lipinski definition) is 3. The van der Waals surface area contributed by atoms with Gasteiger partial charge in [-0.1, -0.05) is 13.0 Å². The van der Waals surface area contributed by atoms with Crippen LogP contribution >= 0.6 is 0 Å². The minimum atomic E-state index is 0.688. The topological polar surface area (TPSA) is 34.4 Å². The van der Waals surface area contributed by atoms with Gasteiger partial charge in [0, 0.05) is 17.7 Å². The van der Waals surface area contributed by atoms with E-state index in [2.05, 4.69) is 38.2 Å². The molecule has 1 aromatic heterocycles. The molecular formula is C16H21NO2. The highest BCUT2D eigenvalue weighted by Gasteiger charge is 2.08. The molecular weight excluding hydrogens is 238 g/mol. The van der Waals surface area contributed by atoms with Crippen LogP contribution in [0.2, 0.25) is 0 Å². The van der Waals surface area contributed by atoms with Crippen LogP contribution in [0.1, 0.15) is 29.6 Å². The average Bonchev–Trinajstić information content (AvgIpc) is 2.86. The molecule has 0 aliphatic heterocycles. The summed E-state index contributed by atoms with van der Waals surface area (Å²) in [6.07, 6.45) is 0.928. The van der Waals surface area contributed by atoms with E-state index in [1.165, 1.54) is 0 Å². The normalized spacial score (nSPS) is 10.5. The van der Waals surface area contributed by atoms with Crippen molar-refractivity contribution in [2.75, 3.05) is 12.4 Å². The fourth-order valence-corrected chi connectivity index (χ4v) is 2.22. The number of furan rings is 1. The zero-order chi connectivity index (χ0) is 13.8. The Hall–Kier alpha value is -1.90. The van der Waals surface area contributed by atoms with Crippen molar-refractivity contribution in [3.8, 4) is 5.75 Å². The number of benzene rings is 1. The minimum Gasteiger partial charge on any atom is -0.496 e. The average molecular weight is 259 g/mol. The molecule has 102 valence electrons. The van der Waals surface area contributed by atoms with E-state index in [1.54, 1.807) is 7.11 Å². The van der Waals surface area contributed by atoms with Gasteiger partial charge in [0.05, 0.1) is 13.7 Å². The lowest BCUT2D eigenvalue weighted by molar-refractivity contribution is 0.409. The quantitative estimate of drug-likeness (QED) is 0.878. The van der Waals surface area contributed by atoms with Gasteiger partial charge in [-0.25, -0.2) is 0 Å². The van der Waals surface area contributed by atoms with Crippen LogP contribution in [0.4, 0.5) is 5.69 Å². The molecule has 0 aliphatic carbocycles. The van der Waals surface area contributed by atoms with Crippen molar-refractivity contribution >= 4 is 5.69 Å². The van der Waals surface area contributed by atoms with Gasteiger partial charge in [0.1, 0.15) is 17.3 Å². The Morgan fingerprint density at radius 3 is 2.47 bits per heavy atom. The zero-order valence-electron chi connectivity index (χ0n) is 12.0. The summed E-state index contributed by atoms with van der Waals surface area (Å²) in [7, 11) is 1.71. The number of rotatable bonds is 5. The third-order valence-corrected chi connectivity index (χ3v) is 3.33. The Morgan fingerprint density at radius 2 is 1.84 bits per heavy atom. The fraction of sp³-hybridized carbons (Fsp3) is 0.375. The van der Waals surface area contributed by atoms with E-state index < -0.39 is 0 Å². The number of aryl methyl sites for hydroxylation is 2. The third-order valence-electron chi connectivity index (χ3n) is 3.33. The van der Waals surface area contributed by atoms with Crippen LogP contribution in [0.3, 0.4) is 0 Å². The second-order valence-electron chi connectivity index (χ2n) is 4.66. The van der Waals surface area contributed by atoms with E-state index in [0.717, 1.165) is 40.5 Å². The molecule has 2 aromatic rings. The highest BCUT2D eigenvalue weighted by molar-refractivity contribution is 5.59. The number of nitrogens with one attached hydrogen (secondary N) is 1. The zero-order valence-corrected chi connectivity index (χ0v) is 12.0. The van der Waals surface area contributed by atoms with Crippen LogP contribution in [0.15, 0.2) is 28.7 Å². The van der Waals surface area contributed by atoms with E-state index in [4.69, 9.17) is 9.15 Å². The number of anilines is 1. The van der Waals surface area contributed by atoms with E-state index in [1.807, 2.05) is 12.1 Å². The summed E-state index contributed by atoms with van der Waals surface area (Å²) >= 11 is 0. The predicted molar refractivity (Wildman–Crippen MR) is 77.9 cm³/mol. The molecule has 1 aromatic carbocycles. The summed E-state index contributed by atoms with van der Waals surface area (Å²) in [6, 6.07) is 8.19. The summed E-state index contributed by atoms with van der Waals surface area (Å²) in [5.41, 5.74) is 3.36. The molecule has 0 radical (unpaired) electrons. The molecule has 0 saturated carbocycles. The van der Waals surface area contributed by atoms with Crippen molar-refractivity contribution in [1.82, 2.24) is 0 Å². The molecule has 0 saturated heterocycles. The van der Waals surface area contributed by atoms with Crippen LogP contribution in [0.25, 0.3) is 0 Å². The van der Waals surface area contributed by atoms with Gasteiger partial charge in [0.15, 0.2) is 0 Å². The van der Waals surface area contributed by atoms with E-state index in [-0.39, 0.29) is 0 Å². The first-order chi connectivity index (χ1) is 9.15. The lowest BCUT2D eigenvalue weighted by Gasteiger charge is -2.14. The Balaban J connectivity index is 2.11. The van der Waals surface area contributed by atoms with Gasteiger partial charge < -0.3 is 14.5 Å². The van der Waals surface area contributed by atoms with Crippen LogP contribution in [-0.4, -0.2) is 7.11 Å². The SMILES string of the molecule is CCc1ccc(CNc2ccc(C)c(OC)c2C)o1. The first-order valence-electron chi connectivity index (χ1n) is 6.61. The van der Waals surface area contributed by atoms with Crippen molar-refractivity contribution in [1.29, 1.82) is 0 Å². The lowest BCUT2D eigenvalue weighted by Crippen LogP contribution is -2.02. The Bertz CT molecular complexity index is 558. The van der Waals surface area contributed by atoms with E-state index in [0.29, 0.717) is 6.54 Å². The third kappa shape index (κ3) is 2.92. The van der Waals surface area contributed by atoms with Crippen molar-refractivity contribution in [3.63, 3.8) is 0 Å². The molecule has 1 N–H and O–H groups in total. The second kappa shape index (κ2) is 5.83. The van der Waals surface area contributed by atoms with Gasteiger partial charge in [0.2, 0.25) is 0 Å². The Morgan fingerprint density at radius 1 is 1.11 bits per heavy atom. The minimum absolute atomic E-state index is 0.688. The molecule has 3 nitrogen and oxygen atoms in total. The molecule has 2 rings (SSSR count). The molecule has 1 heterocycles. The molecule has 0 fully saturated rings. The lowest BCUT2D eigenvalue weighted by atomic mass is 10.1. The van der Waals surface area contributed by atoms with Crippen molar-refractivity contribution < 1.29 is 9.15 Å². The summed E-state index contributed by atoms with van der Waals surface area (Å²) in [5.74, 6) is 2.92. The van der Waals surface area contributed by atoms with Gasteiger partial charge in [-0.2, -0.15) is 0 Å². The van der Waals surface area contributed by atoms with Gasteiger partial charge in [-0.15, -0.1) is 0 Å². The summed E-state index contributed by atoms with van der Waals surface area (Å²) in [5, 5.41) is 3.39. The van der Waals surface area contributed by atoms with Crippen molar-refractivity contribution in [2.24, 2.45) is 0 Å². The molecule has 3 heteroatoms. The van der Waals surface area contributed by atoms with Crippen LogP contribution < -0.4 is 10.1 Å². The fourth-order valence-electron chi connectivity index (χ4n) is 2.22.